The van der Waals surface area contributed by atoms with Gasteiger partial charge in [-0.05, 0) is 36.6 Å². The minimum atomic E-state index is -3.41. The van der Waals surface area contributed by atoms with Gasteiger partial charge in [0.15, 0.2) is 0 Å². The number of halogens is 1. The van der Waals surface area contributed by atoms with Crippen molar-refractivity contribution >= 4 is 21.6 Å². The lowest BCUT2D eigenvalue weighted by atomic mass is 10.2. The monoisotopic (exact) mass is 316 g/mol. The molecule has 1 aromatic carbocycles. The van der Waals surface area contributed by atoms with E-state index in [0.717, 1.165) is 18.4 Å². The van der Waals surface area contributed by atoms with Crippen molar-refractivity contribution in [2.75, 3.05) is 7.05 Å². The number of nitrogens with zero attached hydrogens (tertiary/aromatic N) is 1. The predicted octanol–water partition coefficient (Wildman–Crippen LogP) is 2.62. The van der Waals surface area contributed by atoms with Gasteiger partial charge in [0.05, 0.1) is 4.90 Å². The number of hydrogen-bond donors (Lipinski definition) is 1. The Balaban J connectivity index is 2.26. The second kappa shape index (κ2) is 6.02. The molecule has 1 aliphatic carbocycles. The van der Waals surface area contributed by atoms with Crippen LogP contribution in [0.15, 0.2) is 23.1 Å². The maximum absolute atomic E-state index is 12.5. The maximum Gasteiger partial charge on any atom is 0.243 e. The van der Waals surface area contributed by atoms with E-state index < -0.39 is 10.0 Å². The van der Waals surface area contributed by atoms with E-state index in [9.17, 15) is 8.42 Å². The molecule has 0 bridgehead atoms. The van der Waals surface area contributed by atoms with Crippen LogP contribution >= 0.6 is 11.6 Å². The Morgan fingerprint density at radius 3 is 2.60 bits per heavy atom. The summed E-state index contributed by atoms with van der Waals surface area (Å²) in [5.74, 6) is 0. The fourth-order valence-electron chi connectivity index (χ4n) is 1.96. The van der Waals surface area contributed by atoms with Crippen molar-refractivity contribution in [3.05, 3.63) is 28.8 Å². The highest BCUT2D eigenvalue weighted by Gasteiger charge is 2.35. The second-order valence-corrected chi connectivity index (χ2v) is 7.95. The third-order valence-electron chi connectivity index (χ3n) is 3.46. The van der Waals surface area contributed by atoms with Crippen LogP contribution in [0.4, 0.5) is 0 Å². The van der Waals surface area contributed by atoms with Crippen molar-refractivity contribution in [1.82, 2.24) is 9.62 Å². The van der Waals surface area contributed by atoms with Crippen LogP contribution in [0.25, 0.3) is 0 Å². The highest BCUT2D eigenvalue weighted by molar-refractivity contribution is 7.89. The first kappa shape index (κ1) is 15.8. The van der Waals surface area contributed by atoms with E-state index in [-0.39, 0.29) is 6.04 Å². The number of benzene rings is 1. The van der Waals surface area contributed by atoms with Crippen molar-refractivity contribution in [1.29, 1.82) is 0 Å². The smallest absolute Gasteiger partial charge is 0.243 e. The predicted molar refractivity (Wildman–Crippen MR) is 81.4 cm³/mol. The maximum atomic E-state index is 12.5. The lowest BCUT2D eigenvalue weighted by Crippen LogP contribution is -2.29. The van der Waals surface area contributed by atoms with Gasteiger partial charge in [0, 0.05) is 30.7 Å². The number of sulfonamides is 1. The molecule has 1 saturated carbocycles. The lowest BCUT2D eigenvalue weighted by molar-refractivity contribution is 0.464. The number of hydrogen-bond acceptors (Lipinski definition) is 3. The molecule has 4 nitrogen and oxygen atoms in total. The van der Waals surface area contributed by atoms with Crippen molar-refractivity contribution < 1.29 is 8.42 Å². The van der Waals surface area contributed by atoms with E-state index in [0.29, 0.717) is 22.5 Å². The molecule has 0 amide bonds. The van der Waals surface area contributed by atoms with Crippen LogP contribution in [-0.2, 0) is 16.6 Å². The van der Waals surface area contributed by atoms with Crippen molar-refractivity contribution in [3.8, 4) is 0 Å². The van der Waals surface area contributed by atoms with E-state index in [2.05, 4.69) is 5.32 Å². The Labute approximate surface area is 126 Å². The summed E-state index contributed by atoms with van der Waals surface area (Å²) in [7, 11) is -1.76. The third-order valence-corrected chi connectivity index (χ3v) is 5.73. The topological polar surface area (TPSA) is 49.4 Å². The second-order valence-electron chi connectivity index (χ2n) is 5.54. The van der Waals surface area contributed by atoms with Gasteiger partial charge in [-0.3, -0.25) is 0 Å². The molecule has 2 rings (SSSR count). The van der Waals surface area contributed by atoms with Gasteiger partial charge in [-0.2, -0.15) is 4.31 Å². The SMILES string of the molecule is CC(C)NCc1cc(S(=O)(=O)N(C)C2CC2)ccc1Cl. The quantitative estimate of drug-likeness (QED) is 0.877. The highest BCUT2D eigenvalue weighted by atomic mass is 35.5. The third kappa shape index (κ3) is 3.52. The molecular formula is C14H21ClN2O2S. The molecule has 1 aromatic rings. The van der Waals surface area contributed by atoms with Crippen molar-refractivity contribution in [2.45, 2.75) is 50.2 Å². The zero-order valence-corrected chi connectivity index (χ0v) is 13.6. The van der Waals surface area contributed by atoms with Crippen LogP contribution in [0, 0.1) is 0 Å². The molecule has 112 valence electrons. The Kier molecular flexibility index (Phi) is 4.74. The number of rotatable bonds is 6. The van der Waals surface area contributed by atoms with E-state index >= 15 is 0 Å². The van der Waals surface area contributed by atoms with Crippen LogP contribution < -0.4 is 5.32 Å². The molecule has 1 N–H and O–H groups in total. The zero-order valence-electron chi connectivity index (χ0n) is 12.1. The van der Waals surface area contributed by atoms with E-state index in [1.165, 1.54) is 4.31 Å². The summed E-state index contributed by atoms with van der Waals surface area (Å²) >= 11 is 6.14. The van der Waals surface area contributed by atoms with Gasteiger partial charge in [0.1, 0.15) is 0 Å². The van der Waals surface area contributed by atoms with Crippen molar-refractivity contribution in [3.63, 3.8) is 0 Å². The van der Waals surface area contributed by atoms with Crippen LogP contribution in [0.2, 0.25) is 5.02 Å². The Hall–Kier alpha value is -0.620. The first-order valence-electron chi connectivity index (χ1n) is 6.82. The molecule has 0 saturated heterocycles. The van der Waals surface area contributed by atoms with Gasteiger partial charge in [0.2, 0.25) is 10.0 Å². The average Bonchev–Trinajstić information content (AvgIpc) is 3.20. The molecule has 0 atom stereocenters. The summed E-state index contributed by atoms with van der Waals surface area (Å²) < 4.78 is 26.4. The molecule has 0 aromatic heterocycles. The highest BCUT2D eigenvalue weighted by Crippen LogP contribution is 2.31. The summed E-state index contributed by atoms with van der Waals surface area (Å²) in [5, 5.41) is 3.84. The van der Waals surface area contributed by atoms with Gasteiger partial charge < -0.3 is 5.32 Å². The summed E-state index contributed by atoms with van der Waals surface area (Å²) in [6.45, 7) is 4.64. The van der Waals surface area contributed by atoms with E-state index in [1.54, 1.807) is 25.2 Å². The van der Waals surface area contributed by atoms with Gasteiger partial charge in [-0.1, -0.05) is 25.4 Å². The van der Waals surface area contributed by atoms with Crippen molar-refractivity contribution in [2.24, 2.45) is 0 Å². The number of nitrogens with one attached hydrogen (secondary N) is 1. The molecule has 1 fully saturated rings. The average molecular weight is 317 g/mol. The molecule has 0 heterocycles. The van der Waals surface area contributed by atoms with Crippen LogP contribution in [0.1, 0.15) is 32.3 Å². The first-order valence-corrected chi connectivity index (χ1v) is 8.64. The molecule has 0 unspecified atom stereocenters. The fourth-order valence-corrected chi connectivity index (χ4v) is 3.61. The molecule has 0 spiro atoms. The summed E-state index contributed by atoms with van der Waals surface area (Å²) in [6, 6.07) is 5.39. The van der Waals surface area contributed by atoms with Crippen LogP contribution in [0.5, 0.6) is 0 Å². The zero-order chi connectivity index (χ0) is 14.9. The summed E-state index contributed by atoms with van der Waals surface area (Å²) in [5.41, 5.74) is 0.811. The van der Waals surface area contributed by atoms with Gasteiger partial charge in [0.25, 0.3) is 0 Å². The Morgan fingerprint density at radius 1 is 1.40 bits per heavy atom. The van der Waals surface area contributed by atoms with E-state index in [4.69, 9.17) is 11.6 Å². The Morgan fingerprint density at radius 2 is 2.05 bits per heavy atom. The first-order chi connectivity index (χ1) is 9.32. The van der Waals surface area contributed by atoms with E-state index in [1.807, 2.05) is 13.8 Å². The Bertz CT molecular complexity index is 583. The largest absolute Gasteiger partial charge is 0.310 e. The van der Waals surface area contributed by atoms with Crippen LogP contribution in [0.3, 0.4) is 0 Å². The normalized spacial score (nSPS) is 16.1. The van der Waals surface area contributed by atoms with Crippen LogP contribution in [-0.4, -0.2) is 31.9 Å². The van der Waals surface area contributed by atoms with Gasteiger partial charge in [-0.15, -0.1) is 0 Å². The summed E-state index contributed by atoms with van der Waals surface area (Å²) in [6.07, 6.45) is 1.90. The lowest BCUT2D eigenvalue weighted by Gasteiger charge is -2.17. The summed E-state index contributed by atoms with van der Waals surface area (Å²) in [4.78, 5) is 0.317. The molecule has 0 radical (unpaired) electrons. The molecule has 0 aliphatic heterocycles. The van der Waals surface area contributed by atoms with Gasteiger partial charge in [-0.25, -0.2) is 8.42 Å². The molecule has 20 heavy (non-hydrogen) atoms. The standard InChI is InChI=1S/C14H21ClN2O2S/c1-10(2)16-9-11-8-13(6-7-14(11)15)20(18,19)17(3)12-4-5-12/h6-8,10,12,16H,4-5,9H2,1-3H3. The fraction of sp³-hybridized carbons (Fsp3) is 0.571. The van der Waals surface area contributed by atoms with Gasteiger partial charge >= 0.3 is 0 Å². The minimum absolute atomic E-state index is 0.160. The molecular weight excluding hydrogens is 296 g/mol. The minimum Gasteiger partial charge on any atom is -0.310 e. The molecule has 1 aliphatic rings. The molecule has 6 heteroatoms.